The van der Waals surface area contributed by atoms with Crippen molar-refractivity contribution in [2.24, 2.45) is 0 Å². The van der Waals surface area contributed by atoms with Gasteiger partial charge in [0.15, 0.2) is 0 Å². The zero-order valence-electron chi connectivity index (χ0n) is 18.3. The highest BCUT2D eigenvalue weighted by atomic mass is 16.5. The molecule has 3 rings (SSSR count). The van der Waals surface area contributed by atoms with E-state index in [1.54, 1.807) is 12.0 Å². The molecule has 1 aliphatic heterocycles. The Morgan fingerprint density at radius 1 is 1.06 bits per heavy atom. The van der Waals surface area contributed by atoms with Crippen molar-refractivity contribution < 1.29 is 14.3 Å². The second-order valence-electron chi connectivity index (χ2n) is 7.68. The number of rotatable bonds is 8. The molecule has 1 heterocycles. The van der Waals surface area contributed by atoms with Gasteiger partial charge in [-0.2, -0.15) is 0 Å². The summed E-state index contributed by atoms with van der Waals surface area (Å²) in [5.74, 6) is 0.757. The summed E-state index contributed by atoms with van der Waals surface area (Å²) < 4.78 is 5.21. The maximum Gasteiger partial charge on any atom is 0.315 e. The van der Waals surface area contributed by atoms with Gasteiger partial charge in [0, 0.05) is 37.9 Å². The summed E-state index contributed by atoms with van der Waals surface area (Å²) in [4.78, 5) is 28.8. The normalized spacial score (nSPS) is 14.1. The Hall–Kier alpha value is -3.22. The summed E-state index contributed by atoms with van der Waals surface area (Å²) >= 11 is 0. The van der Waals surface area contributed by atoms with Crippen LogP contribution in [0, 0.1) is 0 Å². The predicted octanol–water partition coefficient (Wildman–Crippen LogP) is 3.01. The molecule has 2 aromatic rings. The zero-order valence-corrected chi connectivity index (χ0v) is 18.3. The highest BCUT2D eigenvalue weighted by Crippen LogP contribution is 2.22. The van der Waals surface area contributed by atoms with Crippen molar-refractivity contribution in [2.75, 3.05) is 38.2 Å². The molecule has 2 N–H and O–H groups in total. The minimum Gasteiger partial charge on any atom is -0.497 e. The van der Waals surface area contributed by atoms with Crippen LogP contribution in [0.25, 0.3) is 0 Å². The first-order valence-corrected chi connectivity index (χ1v) is 10.8. The lowest BCUT2D eigenvalue weighted by molar-refractivity contribution is -0.130. The van der Waals surface area contributed by atoms with Crippen LogP contribution >= 0.6 is 0 Å². The molecule has 0 bridgehead atoms. The summed E-state index contributed by atoms with van der Waals surface area (Å²) in [6.07, 6.45) is 1.73. The minimum atomic E-state index is -0.285. The maximum atomic E-state index is 12.5. The first-order valence-electron chi connectivity index (χ1n) is 10.8. The van der Waals surface area contributed by atoms with Gasteiger partial charge in [-0.1, -0.05) is 30.3 Å². The largest absolute Gasteiger partial charge is 0.497 e. The molecule has 1 aliphatic rings. The van der Waals surface area contributed by atoms with E-state index < -0.39 is 0 Å². The van der Waals surface area contributed by atoms with Crippen LogP contribution < -0.4 is 20.3 Å². The van der Waals surface area contributed by atoms with Crippen LogP contribution in [0.5, 0.6) is 5.75 Å². The number of amides is 3. The molecule has 0 spiro atoms. The summed E-state index contributed by atoms with van der Waals surface area (Å²) in [7, 11) is 1.66. The van der Waals surface area contributed by atoms with Crippen molar-refractivity contribution in [2.45, 2.75) is 32.4 Å². The maximum absolute atomic E-state index is 12.5. The smallest absolute Gasteiger partial charge is 0.315 e. The van der Waals surface area contributed by atoms with Gasteiger partial charge >= 0.3 is 6.03 Å². The van der Waals surface area contributed by atoms with Gasteiger partial charge in [-0.25, -0.2) is 4.79 Å². The molecular formula is C24H32N4O3. The third-order valence-electron chi connectivity index (χ3n) is 5.62. The number of carbonyl (C=O) groups excluding carboxylic acids is 2. The quantitative estimate of drug-likeness (QED) is 0.683. The Bertz CT molecular complexity index is 834. The predicted molar refractivity (Wildman–Crippen MR) is 122 cm³/mol. The topological polar surface area (TPSA) is 73.9 Å². The minimum absolute atomic E-state index is 0.00278. The number of hydrogen-bond donors (Lipinski definition) is 2. The van der Waals surface area contributed by atoms with Crippen LogP contribution in [0.3, 0.4) is 0 Å². The number of likely N-dealkylation sites (N-methyl/N-ethyl adjacent to an activating group) is 1. The third kappa shape index (κ3) is 6.64. The fourth-order valence-electron chi connectivity index (χ4n) is 3.76. The fourth-order valence-corrected chi connectivity index (χ4v) is 3.76. The average Bonchev–Trinajstić information content (AvgIpc) is 2.82. The van der Waals surface area contributed by atoms with Gasteiger partial charge in [0.2, 0.25) is 5.91 Å². The van der Waals surface area contributed by atoms with E-state index in [2.05, 4.69) is 27.7 Å². The fraction of sp³-hybridized carbons (Fsp3) is 0.417. The van der Waals surface area contributed by atoms with Crippen molar-refractivity contribution in [3.05, 3.63) is 60.2 Å². The highest BCUT2D eigenvalue weighted by Gasteiger charge is 2.21. The number of benzene rings is 2. The van der Waals surface area contributed by atoms with Crippen LogP contribution in [0.1, 0.15) is 25.3 Å². The summed E-state index contributed by atoms with van der Waals surface area (Å²) in [6.45, 7) is 4.83. The number of hydrogen-bond acceptors (Lipinski definition) is 4. The van der Waals surface area contributed by atoms with Crippen molar-refractivity contribution >= 4 is 17.6 Å². The Labute approximate surface area is 184 Å². The molecular weight excluding hydrogens is 392 g/mol. The van der Waals surface area contributed by atoms with E-state index in [0.717, 1.165) is 42.9 Å². The Balaban J connectivity index is 1.39. The van der Waals surface area contributed by atoms with Crippen LogP contribution in [-0.4, -0.2) is 56.2 Å². The van der Waals surface area contributed by atoms with E-state index in [9.17, 15) is 9.59 Å². The van der Waals surface area contributed by atoms with E-state index in [1.165, 1.54) is 0 Å². The lowest BCUT2D eigenvalue weighted by atomic mass is 10.0. The number of piperidine rings is 1. The molecule has 7 heteroatoms. The van der Waals surface area contributed by atoms with Crippen molar-refractivity contribution in [1.82, 2.24) is 15.5 Å². The molecule has 0 atom stereocenters. The number of ether oxygens (including phenoxy) is 1. The molecule has 166 valence electrons. The Kier molecular flexibility index (Phi) is 8.15. The molecule has 31 heavy (non-hydrogen) atoms. The summed E-state index contributed by atoms with van der Waals surface area (Å²) in [5, 5.41) is 5.72. The van der Waals surface area contributed by atoms with Gasteiger partial charge in [0.25, 0.3) is 0 Å². The van der Waals surface area contributed by atoms with Gasteiger partial charge in [-0.15, -0.1) is 0 Å². The molecule has 2 aromatic carbocycles. The van der Waals surface area contributed by atoms with Crippen molar-refractivity contribution in [3.63, 3.8) is 0 Å². The standard InChI is InChI=1S/C24H32N4O3/c1-3-27(18-19-7-5-4-6-8-19)23(29)17-25-24(30)26-20-13-15-28(16-14-20)21-9-11-22(31-2)12-10-21/h4-12,20H,3,13-18H2,1-2H3,(H2,25,26,30). The lowest BCUT2D eigenvalue weighted by Crippen LogP contribution is -2.50. The number of methoxy groups -OCH3 is 1. The van der Waals surface area contributed by atoms with E-state index >= 15 is 0 Å². The molecule has 0 unspecified atom stereocenters. The number of anilines is 1. The molecule has 1 fully saturated rings. The number of nitrogens with one attached hydrogen (secondary N) is 2. The van der Waals surface area contributed by atoms with Crippen LogP contribution in [0.15, 0.2) is 54.6 Å². The highest BCUT2D eigenvalue weighted by molar-refractivity contribution is 5.84. The van der Waals surface area contributed by atoms with Gasteiger partial charge in [0.1, 0.15) is 5.75 Å². The molecule has 0 aliphatic carbocycles. The average molecular weight is 425 g/mol. The first-order chi connectivity index (χ1) is 15.1. The van der Waals surface area contributed by atoms with Crippen molar-refractivity contribution in [3.8, 4) is 5.75 Å². The second-order valence-corrected chi connectivity index (χ2v) is 7.68. The number of nitrogens with zero attached hydrogens (tertiary/aromatic N) is 2. The molecule has 7 nitrogen and oxygen atoms in total. The lowest BCUT2D eigenvalue weighted by Gasteiger charge is -2.34. The van der Waals surface area contributed by atoms with E-state index in [-0.39, 0.29) is 24.5 Å². The third-order valence-corrected chi connectivity index (χ3v) is 5.62. The Morgan fingerprint density at radius 2 is 1.74 bits per heavy atom. The second kappa shape index (κ2) is 11.2. The van der Waals surface area contributed by atoms with Gasteiger partial charge in [-0.3, -0.25) is 4.79 Å². The summed E-state index contributed by atoms with van der Waals surface area (Å²) in [6, 6.07) is 17.7. The molecule has 3 amide bonds. The van der Waals surface area contributed by atoms with Gasteiger partial charge in [0.05, 0.1) is 13.7 Å². The molecule has 1 saturated heterocycles. The molecule has 0 saturated carbocycles. The van der Waals surface area contributed by atoms with E-state index in [1.807, 2.05) is 49.4 Å². The van der Waals surface area contributed by atoms with E-state index in [4.69, 9.17) is 4.74 Å². The number of urea groups is 1. The monoisotopic (exact) mass is 424 g/mol. The zero-order chi connectivity index (χ0) is 22.1. The van der Waals surface area contributed by atoms with Crippen LogP contribution in [-0.2, 0) is 11.3 Å². The van der Waals surface area contributed by atoms with Crippen LogP contribution in [0.4, 0.5) is 10.5 Å². The Morgan fingerprint density at radius 3 is 2.35 bits per heavy atom. The number of carbonyl (C=O) groups is 2. The van der Waals surface area contributed by atoms with Crippen LogP contribution in [0.2, 0.25) is 0 Å². The molecule has 0 aromatic heterocycles. The SMILES string of the molecule is CCN(Cc1ccccc1)C(=O)CNC(=O)NC1CCN(c2ccc(OC)cc2)CC1. The molecule has 0 radical (unpaired) electrons. The van der Waals surface area contributed by atoms with Crippen molar-refractivity contribution in [1.29, 1.82) is 0 Å². The van der Waals surface area contributed by atoms with Gasteiger partial charge in [-0.05, 0) is 49.6 Å². The summed E-state index contributed by atoms with van der Waals surface area (Å²) in [5.41, 5.74) is 2.23. The van der Waals surface area contributed by atoms with Gasteiger partial charge < -0.3 is 25.2 Å². The van der Waals surface area contributed by atoms with E-state index in [0.29, 0.717) is 13.1 Å². The first kappa shape index (κ1) is 22.5.